The van der Waals surface area contributed by atoms with Gasteiger partial charge in [-0.15, -0.1) is 11.3 Å². The number of nitrogens with zero attached hydrogens (tertiary/aromatic N) is 1. The first kappa shape index (κ1) is 15.5. The summed E-state index contributed by atoms with van der Waals surface area (Å²) in [6.45, 7) is 2.33. The Morgan fingerprint density at radius 2 is 2.26 bits per heavy atom. The molecule has 0 aliphatic carbocycles. The smallest absolute Gasteiger partial charge is 0.282 e. The molecule has 0 radical (unpaired) electrons. The van der Waals surface area contributed by atoms with E-state index in [1.54, 1.807) is 12.1 Å². The summed E-state index contributed by atoms with van der Waals surface area (Å²) in [5.41, 5.74) is 6.47. The number of ether oxygens (including phenoxy) is 1. The fourth-order valence-corrected chi connectivity index (χ4v) is 3.14. The van der Waals surface area contributed by atoms with Crippen LogP contribution in [0.4, 0.5) is 10.1 Å². The molecule has 3 N–H and O–H groups in total. The molecule has 0 saturated carbocycles. The van der Waals surface area contributed by atoms with Gasteiger partial charge in [-0.3, -0.25) is 4.79 Å². The van der Waals surface area contributed by atoms with Crippen LogP contribution in [-0.2, 0) is 4.74 Å². The van der Waals surface area contributed by atoms with Crippen molar-refractivity contribution < 1.29 is 13.9 Å². The summed E-state index contributed by atoms with van der Waals surface area (Å²) in [4.78, 5) is 18.0. The van der Waals surface area contributed by atoms with Gasteiger partial charge in [-0.2, -0.15) is 0 Å². The van der Waals surface area contributed by atoms with Crippen molar-refractivity contribution in [3.63, 3.8) is 0 Å². The average molecular weight is 333 g/mol. The number of nitrogens with two attached hydrogens (primary N) is 1. The molecule has 2 aromatic rings. The summed E-state index contributed by atoms with van der Waals surface area (Å²) in [5.74, 6) is -0.589. The standard InChI is InChI=1S/C16H16FN3O2S/c1-9-2-5-14(23-9)15(21)19-10-3-4-12(17)11(8-10)13-6-7-22-16(18)20-13/h2-5,8,13H,6-7H2,1H3,(H2,18,20)(H,19,21). The van der Waals surface area contributed by atoms with Gasteiger partial charge in [-0.1, -0.05) is 0 Å². The minimum Gasteiger partial charge on any atom is -0.465 e. The van der Waals surface area contributed by atoms with E-state index in [2.05, 4.69) is 10.3 Å². The first-order valence-electron chi connectivity index (χ1n) is 7.16. The monoisotopic (exact) mass is 333 g/mol. The molecule has 1 aliphatic rings. The van der Waals surface area contributed by atoms with Crippen molar-refractivity contribution >= 4 is 29.0 Å². The lowest BCUT2D eigenvalue weighted by Crippen LogP contribution is -2.24. The minimum atomic E-state index is -0.399. The number of rotatable bonds is 3. The number of halogens is 1. The SMILES string of the molecule is Cc1ccc(C(=O)Nc2ccc(F)c(C3CCOC(N)=N3)c2)s1. The van der Waals surface area contributed by atoms with E-state index in [0.717, 1.165) is 4.88 Å². The molecule has 1 atom stereocenters. The van der Waals surface area contributed by atoms with Gasteiger partial charge in [-0.05, 0) is 37.3 Å². The molecule has 1 unspecified atom stereocenters. The summed E-state index contributed by atoms with van der Waals surface area (Å²) >= 11 is 1.41. The Hall–Kier alpha value is -2.41. The van der Waals surface area contributed by atoms with E-state index in [-0.39, 0.29) is 17.7 Å². The second kappa shape index (κ2) is 6.37. The van der Waals surface area contributed by atoms with Crippen molar-refractivity contribution in [3.8, 4) is 0 Å². The van der Waals surface area contributed by atoms with Crippen molar-refractivity contribution in [2.24, 2.45) is 10.7 Å². The summed E-state index contributed by atoms with van der Waals surface area (Å²) < 4.78 is 19.1. The van der Waals surface area contributed by atoms with Gasteiger partial charge in [-0.25, -0.2) is 9.38 Å². The van der Waals surface area contributed by atoms with Gasteiger partial charge in [0.25, 0.3) is 11.9 Å². The maximum atomic E-state index is 14.1. The number of amidine groups is 1. The Morgan fingerprint density at radius 3 is 2.96 bits per heavy atom. The average Bonchev–Trinajstić information content (AvgIpc) is 2.96. The third-order valence-electron chi connectivity index (χ3n) is 3.50. The predicted octanol–water partition coefficient (Wildman–Crippen LogP) is 3.22. The molecule has 0 spiro atoms. The van der Waals surface area contributed by atoms with E-state index in [0.29, 0.717) is 29.2 Å². The molecule has 2 heterocycles. The fourth-order valence-electron chi connectivity index (χ4n) is 2.38. The van der Waals surface area contributed by atoms with Gasteiger partial charge in [0, 0.05) is 22.5 Å². The van der Waals surface area contributed by atoms with Crippen LogP contribution in [0, 0.1) is 12.7 Å². The molecular formula is C16H16FN3O2S. The number of aliphatic imine (C=N–C) groups is 1. The number of anilines is 1. The van der Waals surface area contributed by atoms with Gasteiger partial charge in [0.2, 0.25) is 0 Å². The van der Waals surface area contributed by atoms with Crippen LogP contribution in [0.3, 0.4) is 0 Å². The Balaban J connectivity index is 1.83. The lowest BCUT2D eigenvalue weighted by Gasteiger charge is -2.20. The molecule has 23 heavy (non-hydrogen) atoms. The number of hydrogen-bond acceptors (Lipinski definition) is 5. The van der Waals surface area contributed by atoms with Gasteiger partial charge in [0.1, 0.15) is 5.82 Å². The van der Waals surface area contributed by atoms with Crippen molar-refractivity contribution in [1.29, 1.82) is 0 Å². The molecule has 7 heteroatoms. The summed E-state index contributed by atoms with van der Waals surface area (Å²) in [7, 11) is 0. The van der Waals surface area contributed by atoms with Gasteiger partial charge >= 0.3 is 0 Å². The van der Waals surface area contributed by atoms with Crippen molar-refractivity contribution in [2.75, 3.05) is 11.9 Å². The molecule has 1 aliphatic heterocycles. The number of carbonyl (C=O) groups excluding carboxylic acids is 1. The highest BCUT2D eigenvalue weighted by Crippen LogP contribution is 2.29. The minimum absolute atomic E-state index is 0.0594. The van der Waals surface area contributed by atoms with Crippen LogP contribution in [0.2, 0.25) is 0 Å². The molecule has 1 aromatic heterocycles. The Morgan fingerprint density at radius 1 is 1.43 bits per heavy atom. The molecular weight excluding hydrogens is 317 g/mol. The zero-order valence-corrected chi connectivity index (χ0v) is 13.3. The van der Waals surface area contributed by atoms with Gasteiger partial charge < -0.3 is 15.8 Å². The second-order valence-electron chi connectivity index (χ2n) is 5.22. The van der Waals surface area contributed by atoms with Crippen LogP contribution in [0.15, 0.2) is 35.3 Å². The third-order valence-corrected chi connectivity index (χ3v) is 4.50. The highest BCUT2D eigenvalue weighted by Gasteiger charge is 2.20. The van der Waals surface area contributed by atoms with Crippen LogP contribution >= 0.6 is 11.3 Å². The number of benzene rings is 1. The number of amides is 1. The quantitative estimate of drug-likeness (QED) is 0.905. The number of aryl methyl sites for hydroxylation is 1. The zero-order valence-electron chi connectivity index (χ0n) is 12.5. The molecule has 3 rings (SSSR count). The fraction of sp³-hybridized carbons (Fsp3) is 0.250. The first-order valence-corrected chi connectivity index (χ1v) is 7.98. The molecule has 0 bridgehead atoms. The number of nitrogens with one attached hydrogen (secondary N) is 1. The highest BCUT2D eigenvalue weighted by molar-refractivity contribution is 7.14. The lowest BCUT2D eigenvalue weighted by atomic mass is 10.0. The van der Waals surface area contributed by atoms with Crippen LogP contribution in [0.25, 0.3) is 0 Å². The Labute approximate surface area is 137 Å². The number of hydrogen-bond donors (Lipinski definition) is 2. The molecule has 5 nitrogen and oxygen atoms in total. The van der Waals surface area contributed by atoms with Gasteiger partial charge in [0.15, 0.2) is 0 Å². The predicted molar refractivity (Wildman–Crippen MR) is 88.3 cm³/mol. The van der Waals surface area contributed by atoms with E-state index in [1.807, 2.05) is 13.0 Å². The van der Waals surface area contributed by atoms with E-state index in [1.165, 1.54) is 23.5 Å². The molecule has 120 valence electrons. The normalized spacial score (nSPS) is 17.3. The lowest BCUT2D eigenvalue weighted by molar-refractivity contribution is 0.103. The van der Waals surface area contributed by atoms with Crippen molar-refractivity contribution in [2.45, 2.75) is 19.4 Å². The van der Waals surface area contributed by atoms with Crippen LogP contribution in [0.5, 0.6) is 0 Å². The topological polar surface area (TPSA) is 76.7 Å². The van der Waals surface area contributed by atoms with Crippen LogP contribution in [0.1, 0.15) is 32.6 Å². The number of thiophene rings is 1. The third kappa shape index (κ3) is 3.50. The molecule has 0 saturated heterocycles. The zero-order chi connectivity index (χ0) is 16.4. The molecule has 1 amide bonds. The van der Waals surface area contributed by atoms with E-state index in [4.69, 9.17) is 10.5 Å². The Bertz CT molecular complexity index is 772. The summed E-state index contributed by atoms with van der Waals surface area (Å²) in [6, 6.07) is 7.77. The van der Waals surface area contributed by atoms with E-state index in [9.17, 15) is 9.18 Å². The maximum absolute atomic E-state index is 14.1. The van der Waals surface area contributed by atoms with Crippen LogP contribution < -0.4 is 11.1 Å². The summed E-state index contributed by atoms with van der Waals surface area (Å²) in [5, 5.41) is 2.78. The largest absolute Gasteiger partial charge is 0.465 e. The van der Waals surface area contributed by atoms with Gasteiger partial charge in [0.05, 0.1) is 17.5 Å². The molecule has 0 fully saturated rings. The highest BCUT2D eigenvalue weighted by atomic mass is 32.1. The van der Waals surface area contributed by atoms with Crippen molar-refractivity contribution in [1.82, 2.24) is 0 Å². The van der Waals surface area contributed by atoms with E-state index >= 15 is 0 Å². The Kier molecular flexibility index (Phi) is 4.29. The van der Waals surface area contributed by atoms with E-state index < -0.39 is 6.04 Å². The first-order chi connectivity index (χ1) is 11.0. The van der Waals surface area contributed by atoms with Crippen LogP contribution in [-0.4, -0.2) is 18.5 Å². The van der Waals surface area contributed by atoms with Crippen molar-refractivity contribution in [3.05, 3.63) is 51.5 Å². The number of carbonyl (C=O) groups is 1. The maximum Gasteiger partial charge on any atom is 0.282 e. The second-order valence-corrected chi connectivity index (χ2v) is 6.51. The summed E-state index contributed by atoms with van der Waals surface area (Å²) in [6.07, 6.45) is 0.541. The molecule has 1 aromatic carbocycles.